The molecule has 2 heterocycles. The number of fused-ring (bicyclic) bond motifs is 1. The number of benzene rings is 1. The van der Waals surface area contributed by atoms with Crippen LogP contribution in [0.4, 0.5) is 5.69 Å². The minimum absolute atomic E-state index is 0.0565. The van der Waals surface area contributed by atoms with Gasteiger partial charge in [-0.1, -0.05) is 6.92 Å². The van der Waals surface area contributed by atoms with Crippen molar-refractivity contribution in [2.45, 2.75) is 32.2 Å². The zero-order chi connectivity index (χ0) is 17.1. The van der Waals surface area contributed by atoms with Crippen LogP contribution in [0, 0.1) is 5.92 Å². The van der Waals surface area contributed by atoms with E-state index in [0.29, 0.717) is 12.2 Å². The number of Topliss-reactive ketones (excluding diaryl/α,β-unsaturated/α-hetero) is 1. The number of rotatable bonds is 5. The van der Waals surface area contributed by atoms with E-state index in [-0.39, 0.29) is 23.7 Å². The molecule has 2 aliphatic heterocycles. The molecule has 6 heteroatoms. The largest absolute Gasteiger partial charge is 0.490 e. The first kappa shape index (κ1) is 16.8. The summed E-state index contributed by atoms with van der Waals surface area (Å²) >= 11 is 0. The standard InChI is InChI=1S/C18H25N3O3/c1-2-15(21-8-5-12(6-9-21)18(19)23)17(22)13-3-4-16-14(11-13)20-7-10-24-16/h3-4,11-12,15,20H,2,5-10H2,1H3,(H2,19,23). The molecule has 1 aromatic carbocycles. The van der Waals surface area contributed by atoms with Gasteiger partial charge in [-0.3, -0.25) is 14.5 Å². The Balaban J connectivity index is 1.71. The van der Waals surface area contributed by atoms with E-state index in [1.165, 1.54) is 0 Å². The molecule has 2 aliphatic rings. The summed E-state index contributed by atoms with van der Waals surface area (Å²) in [6, 6.07) is 5.44. The van der Waals surface area contributed by atoms with Gasteiger partial charge in [0.25, 0.3) is 0 Å². The third kappa shape index (κ3) is 3.38. The van der Waals surface area contributed by atoms with Gasteiger partial charge in [-0.25, -0.2) is 0 Å². The fourth-order valence-corrected chi connectivity index (χ4v) is 3.59. The number of nitrogens with one attached hydrogen (secondary N) is 1. The summed E-state index contributed by atoms with van der Waals surface area (Å²) in [6.45, 7) is 4.91. The van der Waals surface area contributed by atoms with Crippen molar-refractivity contribution in [1.29, 1.82) is 0 Å². The lowest BCUT2D eigenvalue weighted by Gasteiger charge is -2.35. The number of amides is 1. The lowest BCUT2D eigenvalue weighted by molar-refractivity contribution is -0.123. The van der Waals surface area contributed by atoms with Crippen molar-refractivity contribution >= 4 is 17.4 Å². The van der Waals surface area contributed by atoms with Gasteiger partial charge < -0.3 is 15.8 Å². The van der Waals surface area contributed by atoms with E-state index in [4.69, 9.17) is 10.5 Å². The molecule has 24 heavy (non-hydrogen) atoms. The number of primary amides is 1. The summed E-state index contributed by atoms with van der Waals surface area (Å²) in [5, 5.41) is 3.27. The van der Waals surface area contributed by atoms with Crippen molar-refractivity contribution in [2.75, 3.05) is 31.6 Å². The van der Waals surface area contributed by atoms with E-state index in [9.17, 15) is 9.59 Å². The third-order valence-corrected chi connectivity index (χ3v) is 5.00. The summed E-state index contributed by atoms with van der Waals surface area (Å²) in [5.41, 5.74) is 6.98. The molecule has 1 fully saturated rings. The summed E-state index contributed by atoms with van der Waals surface area (Å²) < 4.78 is 5.57. The Morgan fingerprint density at radius 3 is 2.79 bits per heavy atom. The van der Waals surface area contributed by atoms with Crippen LogP contribution in [-0.2, 0) is 4.79 Å². The van der Waals surface area contributed by atoms with Crippen molar-refractivity contribution in [3.63, 3.8) is 0 Å². The summed E-state index contributed by atoms with van der Waals surface area (Å²) in [7, 11) is 0. The first-order valence-electron chi connectivity index (χ1n) is 8.68. The van der Waals surface area contributed by atoms with E-state index < -0.39 is 0 Å². The van der Waals surface area contributed by atoms with Crippen LogP contribution in [-0.4, -0.2) is 48.9 Å². The Hall–Kier alpha value is -2.08. The third-order valence-electron chi connectivity index (χ3n) is 5.00. The van der Waals surface area contributed by atoms with Crippen LogP contribution in [0.5, 0.6) is 5.75 Å². The number of carbonyl (C=O) groups excluding carboxylic acids is 2. The number of nitrogens with two attached hydrogens (primary N) is 1. The monoisotopic (exact) mass is 331 g/mol. The highest BCUT2D eigenvalue weighted by molar-refractivity contribution is 6.01. The minimum atomic E-state index is -0.227. The van der Waals surface area contributed by atoms with Crippen molar-refractivity contribution in [1.82, 2.24) is 4.90 Å². The second-order valence-corrected chi connectivity index (χ2v) is 6.49. The van der Waals surface area contributed by atoms with E-state index in [1.54, 1.807) is 0 Å². The van der Waals surface area contributed by atoms with Gasteiger partial charge in [0.05, 0.1) is 11.7 Å². The van der Waals surface area contributed by atoms with Crippen LogP contribution >= 0.6 is 0 Å². The molecular formula is C18H25N3O3. The zero-order valence-corrected chi connectivity index (χ0v) is 14.1. The molecule has 0 bridgehead atoms. The summed E-state index contributed by atoms with van der Waals surface area (Å²) in [5.74, 6) is 0.645. The van der Waals surface area contributed by atoms with Gasteiger partial charge in [-0.2, -0.15) is 0 Å². The predicted octanol–water partition coefficient (Wildman–Crippen LogP) is 1.65. The molecule has 1 aromatic rings. The molecule has 1 unspecified atom stereocenters. The molecule has 3 rings (SSSR count). The van der Waals surface area contributed by atoms with Crippen molar-refractivity contribution in [3.8, 4) is 5.75 Å². The van der Waals surface area contributed by atoms with Crippen LogP contribution in [0.1, 0.15) is 36.5 Å². The van der Waals surface area contributed by atoms with Crippen LogP contribution in [0.3, 0.4) is 0 Å². The Kier molecular flexibility index (Phi) is 5.04. The van der Waals surface area contributed by atoms with Gasteiger partial charge in [0.1, 0.15) is 12.4 Å². The highest BCUT2D eigenvalue weighted by atomic mass is 16.5. The average molecular weight is 331 g/mol. The second-order valence-electron chi connectivity index (χ2n) is 6.49. The number of hydrogen-bond acceptors (Lipinski definition) is 5. The smallest absolute Gasteiger partial charge is 0.220 e. The van der Waals surface area contributed by atoms with Crippen molar-refractivity contribution in [3.05, 3.63) is 23.8 Å². The van der Waals surface area contributed by atoms with Crippen molar-refractivity contribution in [2.24, 2.45) is 11.7 Å². The highest BCUT2D eigenvalue weighted by Gasteiger charge is 2.31. The molecule has 1 atom stereocenters. The fraction of sp³-hybridized carbons (Fsp3) is 0.556. The Labute approximate surface area is 142 Å². The van der Waals surface area contributed by atoms with Gasteiger partial charge in [-0.05, 0) is 50.6 Å². The maximum Gasteiger partial charge on any atom is 0.220 e. The number of anilines is 1. The molecule has 130 valence electrons. The summed E-state index contributed by atoms with van der Waals surface area (Å²) in [4.78, 5) is 26.5. The van der Waals surface area contributed by atoms with Gasteiger partial charge in [-0.15, -0.1) is 0 Å². The molecule has 0 spiro atoms. The fourth-order valence-electron chi connectivity index (χ4n) is 3.59. The molecule has 1 saturated heterocycles. The van der Waals surface area contributed by atoms with E-state index in [1.807, 2.05) is 25.1 Å². The molecule has 0 aromatic heterocycles. The number of likely N-dealkylation sites (tertiary alicyclic amines) is 1. The number of hydrogen-bond donors (Lipinski definition) is 2. The minimum Gasteiger partial charge on any atom is -0.490 e. The Morgan fingerprint density at radius 2 is 2.12 bits per heavy atom. The van der Waals surface area contributed by atoms with Gasteiger partial charge in [0, 0.05) is 18.0 Å². The van der Waals surface area contributed by atoms with Gasteiger partial charge in [0.15, 0.2) is 5.78 Å². The summed E-state index contributed by atoms with van der Waals surface area (Å²) in [6.07, 6.45) is 2.22. The number of carbonyl (C=O) groups is 2. The molecule has 6 nitrogen and oxygen atoms in total. The number of ether oxygens (including phenoxy) is 1. The number of piperidine rings is 1. The SMILES string of the molecule is CCC(C(=O)c1ccc2c(c1)NCCO2)N1CCC(C(N)=O)CC1. The van der Waals surface area contributed by atoms with E-state index in [2.05, 4.69) is 10.2 Å². The highest BCUT2D eigenvalue weighted by Crippen LogP contribution is 2.29. The molecule has 1 amide bonds. The van der Waals surface area contributed by atoms with Crippen LogP contribution < -0.4 is 15.8 Å². The Bertz CT molecular complexity index is 624. The van der Waals surface area contributed by atoms with Crippen LogP contribution in [0.2, 0.25) is 0 Å². The predicted molar refractivity (Wildman–Crippen MR) is 92.3 cm³/mol. The molecular weight excluding hydrogens is 306 g/mol. The lowest BCUT2D eigenvalue weighted by Crippen LogP contribution is -2.47. The quantitative estimate of drug-likeness (QED) is 0.802. The van der Waals surface area contributed by atoms with E-state index in [0.717, 1.165) is 50.3 Å². The molecule has 3 N–H and O–H groups in total. The second kappa shape index (κ2) is 7.21. The lowest BCUT2D eigenvalue weighted by atomic mass is 9.92. The van der Waals surface area contributed by atoms with Crippen LogP contribution in [0.15, 0.2) is 18.2 Å². The maximum absolute atomic E-state index is 13.0. The molecule has 0 saturated carbocycles. The van der Waals surface area contributed by atoms with E-state index >= 15 is 0 Å². The average Bonchev–Trinajstić information content (AvgIpc) is 2.62. The van der Waals surface area contributed by atoms with Gasteiger partial charge >= 0.3 is 0 Å². The number of nitrogens with zero attached hydrogens (tertiary/aromatic N) is 1. The Morgan fingerprint density at radius 1 is 1.38 bits per heavy atom. The zero-order valence-electron chi connectivity index (χ0n) is 14.1. The molecule has 0 aliphatic carbocycles. The topological polar surface area (TPSA) is 84.7 Å². The first-order chi connectivity index (χ1) is 11.6. The van der Waals surface area contributed by atoms with Crippen LogP contribution in [0.25, 0.3) is 0 Å². The maximum atomic E-state index is 13.0. The van der Waals surface area contributed by atoms with Gasteiger partial charge in [0.2, 0.25) is 5.91 Å². The normalized spacial score (nSPS) is 19.7. The number of ketones is 1. The van der Waals surface area contributed by atoms with Crippen molar-refractivity contribution < 1.29 is 14.3 Å². The molecule has 0 radical (unpaired) electrons. The first-order valence-corrected chi connectivity index (χ1v) is 8.68.